The van der Waals surface area contributed by atoms with E-state index in [1.54, 1.807) is 14.2 Å². The molecular formula is C21H40O2SSn. The average Bonchev–Trinajstić information content (AvgIpc) is 3.14. The van der Waals surface area contributed by atoms with Crippen molar-refractivity contribution in [2.24, 2.45) is 0 Å². The molecule has 0 bridgehead atoms. The van der Waals surface area contributed by atoms with E-state index in [1.807, 2.05) is 26.8 Å². The maximum atomic E-state index is 12.0. The van der Waals surface area contributed by atoms with E-state index in [-0.39, 0.29) is 5.97 Å². The van der Waals surface area contributed by atoms with Gasteiger partial charge >= 0.3 is 151 Å². The molecule has 25 heavy (non-hydrogen) atoms. The van der Waals surface area contributed by atoms with Crippen LogP contribution in [0.15, 0.2) is 12.1 Å². The number of rotatable bonds is 12. The first-order valence-electron chi connectivity index (χ1n) is 10.4. The van der Waals surface area contributed by atoms with Crippen LogP contribution in [0.1, 0.15) is 89.7 Å². The summed E-state index contributed by atoms with van der Waals surface area (Å²) in [6, 6.07) is 4.31. The molecule has 1 rings (SSSR count). The van der Waals surface area contributed by atoms with Crippen LogP contribution in [-0.2, 0) is 4.74 Å². The van der Waals surface area contributed by atoms with Gasteiger partial charge in [0.25, 0.3) is 0 Å². The van der Waals surface area contributed by atoms with Crippen LogP contribution in [0.5, 0.6) is 0 Å². The summed E-state index contributed by atoms with van der Waals surface area (Å²) in [4.78, 5) is 12.9. The predicted molar refractivity (Wildman–Crippen MR) is 116 cm³/mol. The summed E-state index contributed by atoms with van der Waals surface area (Å²) in [5.41, 5.74) is 0. The number of thiophene rings is 1. The third-order valence-corrected chi connectivity index (χ3v) is 24.0. The molecule has 1 aromatic heterocycles. The van der Waals surface area contributed by atoms with E-state index >= 15 is 0 Å². The quantitative estimate of drug-likeness (QED) is 0.240. The Morgan fingerprint density at radius 3 is 1.80 bits per heavy atom. The Balaban J connectivity index is 0.00000277. The first-order chi connectivity index (χ1) is 12.1. The Kier molecular flexibility index (Phi) is 15.0. The molecule has 4 heteroatoms. The molecule has 0 unspecified atom stereocenters. The molecule has 0 saturated heterocycles. The third-order valence-electron chi connectivity index (χ3n) is 4.63. The van der Waals surface area contributed by atoms with Gasteiger partial charge in [0.2, 0.25) is 0 Å². The summed E-state index contributed by atoms with van der Waals surface area (Å²) in [6.45, 7) is 13.2. The Bertz CT molecular complexity index is 435. The average molecular weight is 475 g/mol. The molecule has 146 valence electrons. The number of carbonyl (C=O) groups is 1. The van der Waals surface area contributed by atoms with Gasteiger partial charge in [-0.25, -0.2) is 0 Å². The zero-order chi connectivity index (χ0) is 19.1. The summed E-state index contributed by atoms with van der Waals surface area (Å²) >= 11 is -0.601. The molecule has 2 nitrogen and oxygen atoms in total. The predicted octanol–water partition coefficient (Wildman–Crippen LogP) is 7.01. The number of esters is 1. The molecular weight excluding hydrogens is 435 g/mol. The summed E-state index contributed by atoms with van der Waals surface area (Å²) in [6.07, 6.45) is 7.93. The molecule has 1 heterocycles. The van der Waals surface area contributed by atoms with Crippen LogP contribution < -0.4 is 2.89 Å². The fourth-order valence-electron chi connectivity index (χ4n) is 3.22. The molecule has 0 spiro atoms. The SMILES string of the molecule is CC.CCC[CH2][Sn]([CH2]CCC)([CH2]CCC)[c]1ccc(C(=O)OCC)s1. The molecule has 0 aliphatic rings. The topological polar surface area (TPSA) is 26.3 Å². The van der Waals surface area contributed by atoms with E-state index in [4.69, 9.17) is 4.74 Å². The van der Waals surface area contributed by atoms with Crippen molar-refractivity contribution in [3.63, 3.8) is 0 Å². The Labute approximate surface area is 164 Å². The van der Waals surface area contributed by atoms with E-state index in [2.05, 4.69) is 26.8 Å². The van der Waals surface area contributed by atoms with Crippen LogP contribution in [0, 0.1) is 0 Å². The number of unbranched alkanes of at least 4 members (excludes halogenated alkanes) is 3. The van der Waals surface area contributed by atoms with Crippen molar-refractivity contribution in [1.82, 2.24) is 0 Å². The van der Waals surface area contributed by atoms with Gasteiger partial charge in [0.15, 0.2) is 0 Å². The van der Waals surface area contributed by atoms with Gasteiger partial charge in [0.1, 0.15) is 0 Å². The van der Waals surface area contributed by atoms with Crippen molar-refractivity contribution >= 4 is 38.6 Å². The summed E-state index contributed by atoms with van der Waals surface area (Å²) in [7, 11) is 0. The van der Waals surface area contributed by atoms with E-state index in [0.29, 0.717) is 6.61 Å². The fourth-order valence-corrected chi connectivity index (χ4v) is 23.3. The Morgan fingerprint density at radius 2 is 1.40 bits per heavy atom. The van der Waals surface area contributed by atoms with E-state index in [9.17, 15) is 4.79 Å². The zero-order valence-electron chi connectivity index (χ0n) is 17.5. The van der Waals surface area contributed by atoms with Gasteiger partial charge in [-0.05, 0) is 0 Å². The number of ether oxygens (including phenoxy) is 1. The number of hydrogen-bond acceptors (Lipinski definition) is 3. The second-order valence-corrected chi connectivity index (χ2v) is 21.7. The van der Waals surface area contributed by atoms with Crippen LogP contribution in [0.4, 0.5) is 0 Å². The standard InChI is InChI=1S/C7H7O2S.3C4H9.C2H6.Sn/c1-2-9-7(8)6-4-3-5-10-6;3*1-3-4-2;1-2;/h3-4H,2H2,1H3;3*1,3-4H2,2H3;1-2H3;. The number of carbonyl (C=O) groups excluding carboxylic acids is 1. The van der Waals surface area contributed by atoms with Crippen molar-refractivity contribution in [2.75, 3.05) is 6.61 Å². The summed E-state index contributed by atoms with van der Waals surface area (Å²) in [5.74, 6) is -0.134. The van der Waals surface area contributed by atoms with Crippen LogP contribution in [0.25, 0.3) is 0 Å². The van der Waals surface area contributed by atoms with Crippen molar-refractivity contribution < 1.29 is 9.53 Å². The van der Waals surface area contributed by atoms with E-state index in [0.717, 1.165) is 4.88 Å². The molecule has 0 saturated carbocycles. The molecule has 0 aromatic carbocycles. The molecule has 0 aliphatic carbocycles. The van der Waals surface area contributed by atoms with E-state index < -0.39 is 18.4 Å². The molecule has 0 radical (unpaired) electrons. The Hall–Kier alpha value is -0.0313. The molecule has 0 fully saturated rings. The van der Waals surface area contributed by atoms with Crippen LogP contribution in [0.2, 0.25) is 13.3 Å². The Morgan fingerprint density at radius 1 is 0.920 bits per heavy atom. The molecule has 1 aromatic rings. The second-order valence-electron chi connectivity index (χ2n) is 6.48. The van der Waals surface area contributed by atoms with Crippen molar-refractivity contribution in [1.29, 1.82) is 0 Å². The van der Waals surface area contributed by atoms with Crippen molar-refractivity contribution in [2.45, 2.75) is 93.4 Å². The molecule has 0 aliphatic heterocycles. The van der Waals surface area contributed by atoms with E-state index in [1.165, 1.54) is 51.8 Å². The van der Waals surface area contributed by atoms with Crippen molar-refractivity contribution in [3.8, 4) is 0 Å². The van der Waals surface area contributed by atoms with Gasteiger partial charge in [-0.1, -0.05) is 13.8 Å². The van der Waals surface area contributed by atoms with Crippen LogP contribution in [-0.4, -0.2) is 31.0 Å². The van der Waals surface area contributed by atoms with Gasteiger partial charge in [-0.3, -0.25) is 0 Å². The number of hydrogen-bond donors (Lipinski definition) is 0. The third kappa shape index (κ3) is 8.46. The van der Waals surface area contributed by atoms with Crippen LogP contribution in [0.3, 0.4) is 0 Å². The summed E-state index contributed by atoms with van der Waals surface area (Å²) in [5, 5.41) is 0. The first-order valence-corrected chi connectivity index (χ1v) is 18.7. The van der Waals surface area contributed by atoms with Gasteiger partial charge in [0.05, 0.1) is 0 Å². The fraction of sp³-hybridized carbons (Fsp3) is 0.762. The van der Waals surface area contributed by atoms with Crippen molar-refractivity contribution in [3.05, 3.63) is 17.0 Å². The maximum absolute atomic E-state index is 12.0. The zero-order valence-corrected chi connectivity index (χ0v) is 21.1. The molecule has 0 amide bonds. The molecule has 0 N–H and O–H groups in total. The van der Waals surface area contributed by atoms with Crippen LogP contribution >= 0.6 is 11.3 Å². The second kappa shape index (κ2) is 15.1. The van der Waals surface area contributed by atoms with Gasteiger partial charge in [0, 0.05) is 0 Å². The monoisotopic (exact) mass is 476 g/mol. The van der Waals surface area contributed by atoms with Gasteiger partial charge < -0.3 is 0 Å². The molecule has 0 atom stereocenters. The van der Waals surface area contributed by atoms with Gasteiger partial charge in [-0.15, -0.1) is 0 Å². The normalized spacial score (nSPS) is 11.0. The minimum atomic E-state index is -2.36. The minimum absolute atomic E-state index is 0.134. The van der Waals surface area contributed by atoms with Gasteiger partial charge in [-0.2, -0.15) is 0 Å². The summed E-state index contributed by atoms with van der Waals surface area (Å²) < 4.78 is 11.2. The first kappa shape index (κ1) is 25.0.